The summed E-state index contributed by atoms with van der Waals surface area (Å²) < 4.78 is 1.41. The molecule has 0 aliphatic carbocycles. The van der Waals surface area contributed by atoms with Gasteiger partial charge in [0.1, 0.15) is 0 Å². The highest BCUT2D eigenvalue weighted by molar-refractivity contribution is 5.23. The number of hydrogen-bond acceptors (Lipinski definition) is 3. The number of H-pyrrole nitrogens is 1. The standard InChI is InChI=1S/C12H16N4O/c1-5-10-9(4)15-16(11(10)17)12-13-7(2)6-8(3)14-12/h6,15H,5H2,1-4H3. The Balaban J connectivity index is 2.65. The second kappa shape index (κ2) is 4.16. The van der Waals surface area contributed by atoms with Gasteiger partial charge in [-0.25, -0.2) is 9.97 Å². The Morgan fingerprint density at radius 1 is 1.24 bits per heavy atom. The predicted molar refractivity (Wildman–Crippen MR) is 65.6 cm³/mol. The van der Waals surface area contributed by atoms with Crippen molar-refractivity contribution >= 4 is 0 Å². The van der Waals surface area contributed by atoms with Gasteiger partial charge in [0, 0.05) is 22.6 Å². The number of rotatable bonds is 2. The van der Waals surface area contributed by atoms with E-state index in [-0.39, 0.29) is 5.56 Å². The lowest BCUT2D eigenvalue weighted by Crippen LogP contribution is -2.20. The number of aromatic amines is 1. The average Bonchev–Trinajstić information content (AvgIpc) is 2.52. The largest absolute Gasteiger partial charge is 0.292 e. The van der Waals surface area contributed by atoms with Crippen molar-refractivity contribution in [1.29, 1.82) is 0 Å². The maximum atomic E-state index is 12.1. The van der Waals surface area contributed by atoms with Gasteiger partial charge in [-0.3, -0.25) is 9.89 Å². The van der Waals surface area contributed by atoms with Crippen LogP contribution in [0.1, 0.15) is 29.6 Å². The molecule has 0 unspecified atom stereocenters. The topological polar surface area (TPSA) is 63.6 Å². The van der Waals surface area contributed by atoms with E-state index in [0.29, 0.717) is 12.4 Å². The van der Waals surface area contributed by atoms with Gasteiger partial charge >= 0.3 is 0 Å². The summed E-state index contributed by atoms with van der Waals surface area (Å²) in [6.45, 7) is 7.63. The molecule has 0 aliphatic heterocycles. The van der Waals surface area contributed by atoms with Gasteiger partial charge in [0.05, 0.1) is 0 Å². The average molecular weight is 232 g/mol. The number of nitrogens with zero attached hydrogens (tertiary/aromatic N) is 3. The molecular formula is C12H16N4O. The van der Waals surface area contributed by atoms with Crippen LogP contribution in [0.25, 0.3) is 5.95 Å². The quantitative estimate of drug-likeness (QED) is 0.852. The van der Waals surface area contributed by atoms with Crippen LogP contribution in [-0.2, 0) is 6.42 Å². The van der Waals surface area contributed by atoms with Gasteiger partial charge in [0.15, 0.2) is 0 Å². The summed E-state index contributed by atoms with van der Waals surface area (Å²) in [5.41, 5.74) is 3.30. The number of aryl methyl sites for hydroxylation is 3. The molecule has 0 atom stereocenters. The number of aromatic nitrogens is 4. The summed E-state index contributed by atoms with van der Waals surface area (Å²) in [7, 11) is 0. The molecule has 0 amide bonds. The number of nitrogens with one attached hydrogen (secondary N) is 1. The van der Waals surface area contributed by atoms with E-state index in [1.807, 2.05) is 33.8 Å². The van der Waals surface area contributed by atoms with Crippen LogP contribution in [-0.4, -0.2) is 19.7 Å². The Bertz CT molecular complexity index is 589. The van der Waals surface area contributed by atoms with Gasteiger partial charge in [-0.05, 0) is 33.3 Å². The molecule has 0 spiro atoms. The highest BCUT2D eigenvalue weighted by Crippen LogP contribution is 2.05. The van der Waals surface area contributed by atoms with Crippen LogP contribution in [0.5, 0.6) is 0 Å². The smallest absolute Gasteiger partial charge is 0.277 e. The SMILES string of the molecule is CCc1c(C)[nH]n(-c2nc(C)cc(C)n2)c1=O. The minimum absolute atomic E-state index is 0.0602. The zero-order chi connectivity index (χ0) is 12.6. The molecule has 0 saturated carbocycles. The van der Waals surface area contributed by atoms with Crippen molar-refractivity contribution in [2.24, 2.45) is 0 Å². The van der Waals surface area contributed by atoms with E-state index in [4.69, 9.17) is 0 Å². The zero-order valence-corrected chi connectivity index (χ0v) is 10.5. The first-order valence-electron chi connectivity index (χ1n) is 5.66. The van der Waals surface area contributed by atoms with Crippen molar-refractivity contribution in [2.45, 2.75) is 34.1 Å². The molecule has 1 N–H and O–H groups in total. The molecule has 0 aromatic carbocycles. The Labute approximate surface area is 99.5 Å². The summed E-state index contributed by atoms with van der Waals surface area (Å²) in [4.78, 5) is 20.6. The van der Waals surface area contributed by atoms with Crippen LogP contribution >= 0.6 is 0 Å². The van der Waals surface area contributed by atoms with E-state index in [2.05, 4.69) is 15.1 Å². The first kappa shape index (κ1) is 11.6. The molecule has 90 valence electrons. The van der Waals surface area contributed by atoms with Crippen LogP contribution in [0.2, 0.25) is 0 Å². The summed E-state index contributed by atoms with van der Waals surface area (Å²) >= 11 is 0. The Morgan fingerprint density at radius 3 is 2.29 bits per heavy atom. The minimum atomic E-state index is -0.0602. The Morgan fingerprint density at radius 2 is 1.82 bits per heavy atom. The predicted octanol–water partition coefficient (Wildman–Crippen LogP) is 1.44. The molecule has 5 heteroatoms. The first-order valence-corrected chi connectivity index (χ1v) is 5.66. The lowest BCUT2D eigenvalue weighted by molar-refractivity contribution is 0.762. The highest BCUT2D eigenvalue weighted by Gasteiger charge is 2.12. The summed E-state index contributed by atoms with van der Waals surface area (Å²) in [6, 6.07) is 1.88. The van der Waals surface area contributed by atoms with Gasteiger partial charge in [-0.2, -0.15) is 4.68 Å². The molecule has 0 saturated heterocycles. The lowest BCUT2D eigenvalue weighted by Gasteiger charge is -2.02. The molecule has 5 nitrogen and oxygen atoms in total. The minimum Gasteiger partial charge on any atom is -0.292 e. The zero-order valence-electron chi connectivity index (χ0n) is 10.5. The fourth-order valence-electron chi connectivity index (χ4n) is 1.95. The summed E-state index contributed by atoms with van der Waals surface area (Å²) in [5.74, 6) is 0.412. The van der Waals surface area contributed by atoms with Crippen LogP contribution in [0.4, 0.5) is 0 Å². The summed E-state index contributed by atoms with van der Waals surface area (Å²) in [5, 5.41) is 3.01. The molecule has 0 radical (unpaired) electrons. The van der Waals surface area contributed by atoms with E-state index in [9.17, 15) is 4.79 Å². The van der Waals surface area contributed by atoms with E-state index < -0.39 is 0 Å². The highest BCUT2D eigenvalue weighted by atomic mass is 16.1. The molecule has 2 heterocycles. The first-order chi connectivity index (χ1) is 8.02. The van der Waals surface area contributed by atoms with Crippen LogP contribution in [0.3, 0.4) is 0 Å². The van der Waals surface area contributed by atoms with Gasteiger partial charge in [0.25, 0.3) is 11.5 Å². The normalized spacial score (nSPS) is 10.8. The molecule has 2 aromatic heterocycles. The molecule has 0 bridgehead atoms. The third-order valence-corrected chi connectivity index (χ3v) is 2.72. The van der Waals surface area contributed by atoms with Crippen molar-refractivity contribution in [1.82, 2.24) is 19.7 Å². The van der Waals surface area contributed by atoms with Gasteiger partial charge in [0.2, 0.25) is 0 Å². The van der Waals surface area contributed by atoms with Crippen LogP contribution in [0.15, 0.2) is 10.9 Å². The van der Waals surface area contributed by atoms with Gasteiger partial charge in [-0.1, -0.05) is 6.92 Å². The summed E-state index contributed by atoms with van der Waals surface area (Å²) in [6.07, 6.45) is 0.707. The van der Waals surface area contributed by atoms with Crippen molar-refractivity contribution in [3.63, 3.8) is 0 Å². The molecule has 17 heavy (non-hydrogen) atoms. The van der Waals surface area contributed by atoms with E-state index in [1.165, 1.54) is 4.68 Å². The third kappa shape index (κ3) is 2.00. The van der Waals surface area contributed by atoms with E-state index in [0.717, 1.165) is 22.6 Å². The van der Waals surface area contributed by atoms with Gasteiger partial charge < -0.3 is 0 Å². The van der Waals surface area contributed by atoms with Crippen molar-refractivity contribution in [3.05, 3.63) is 39.1 Å². The van der Waals surface area contributed by atoms with Crippen molar-refractivity contribution < 1.29 is 0 Å². The van der Waals surface area contributed by atoms with Crippen molar-refractivity contribution in [3.8, 4) is 5.95 Å². The second-order valence-electron chi connectivity index (χ2n) is 4.16. The molecule has 0 fully saturated rings. The fraction of sp³-hybridized carbons (Fsp3) is 0.417. The second-order valence-corrected chi connectivity index (χ2v) is 4.16. The molecule has 0 aliphatic rings. The maximum absolute atomic E-state index is 12.1. The lowest BCUT2D eigenvalue weighted by atomic mass is 10.2. The Hall–Kier alpha value is -1.91. The number of hydrogen-bond donors (Lipinski definition) is 1. The van der Waals surface area contributed by atoms with E-state index >= 15 is 0 Å². The van der Waals surface area contributed by atoms with E-state index in [1.54, 1.807) is 0 Å². The van der Waals surface area contributed by atoms with Crippen LogP contribution in [0, 0.1) is 20.8 Å². The molecule has 2 aromatic rings. The molecular weight excluding hydrogens is 216 g/mol. The maximum Gasteiger partial charge on any atom is 0.277 e. The fourth-order valence-corrected chi connectivity index (χ4v) is 1.95. The van der Waals surface area contributed by atoms with Crippen molar-refractivity contribution in [2.75, 3.05) is 0 Å². The Kier molecular flexibility index (Phi) is 2.83. The van der Waals surface area contributed by atoms with Crippen LogP contribution < -0.4 is 5.56 Å². The van der Waals surface area contributed by atoms with Gasteiger partial charge in [-0.15, -0.1) is 0 Å². The third-order valence-electron chi connectivity index (χ3n) is 2.72. The monoisotopic (exact) mass is 232 g/mol. The molecule has 2 rings (SSSR count).